The van der Waals surface area contributed by atoms with Crippen LogP contribution < -0.4 is 5.32 Å². The molecule has 1 aliphatic heterocycles. The summed E-state index contributed by atoms with van der Waals surface area (Å²) < 4.78 is 0. The first-order valence-electron chi connectivity index (χ1n) is 5.77. The van der Waals surface area contributed by atoms with Gasteiger partial charge in [0.2, 0.25) is 5.91 Å². The minimum absolute atomic E-state index is 0.263. The van der Waals surface area contributed by atoms with Crippen molar-refractivity contribution in [1.82, 2.24) is 10.2 Å². The number of nitrogens with zero attached hydrogens (tertiary/aromatic N) is 1. The Morgan fingerprint density at radius 1 is 1.69 bits per heavy atom. The van der Waals surface area contributed by atoms with Gasteiger partial charge in [-0.05, 0) is 23.9 Å². The molecule has 1 atom stereocenters. The molecule has 1 fully saturated rings. The number of amides is 1. The summed E-state index contributed by atoms with van der Waals surface area (Å²) in [6.07, 6.45) is 0.606. The molecule has 0 aliphatic carbocycles. The molecule has 2 heterocycles. The summed E-state index contributed by atoms with van der Waals surface area (Å²) in [6, 6.07) is 2.48. The number of piperazine rings is 1. The number of rotatable bonds is 2. The van der Waals surface area contributed by atoms with Crippen LogP contribution in [0.25, 0.3) is 0 Å². The molecular formula is C12H18N2OS. The van der Waals surface area contributed by atoms with Crippen molar-refractivity contribution in [3.05, 3.63) is 21.9 Å². The SMILES string of the molecule is CCC(=O)N1CCNC(c2ccsc2C)C1. The number of aryl methyl sites for hydroxylation is 1. The summed E-state index contributed by atoms with van der Waals surface area (Å²) in [7, 11) is 0. The number of nitrogens with one attached hydrogen (secondary N) is 1. The highest BCUT2D eigenvalue weighted by Crippen LogP contribution is 2.24. The molecule has 0 aromatic carbocycles. The fourth-order valence-electron chi connectivity index (χ4n) is 2.16. The lowest BCUT2D eigenvalue weighted by Gasteiger charge is -2.33. The minimum Gasteiger partial charge on any atom is -0.340 e. The van der Waals surface area contributed by atoms with Crippen molar-refractivity contribution in [2.75, 3.05) is 19.6 Å². The van der Waals surface area contributed by atoms with Crippen molar-refractivity contribution in [2.45, 2.75) is 26.3 Å². The third-order valence-corrected chi connectivity index (χ3v) is 3.97. The van der Waals surface area contributed by atoms with Crippen molar-refractivity contribution in [1.29, 1.82) is 0 Å². The number of carbonyl (C=O) groups excluding carboxylic acids is 1. The van der Waals surface area contributed by atoms with Gasteiger partial charge in [0, 0.05) is 30.9 Å². The predicted molar refractivity (Wildman–Crippen MR) is 66.7 cm³/mol. The van der Waals surface area contributed by atoms with Gasteiger partial charge in [0.05, 0.1) is 6.04 Å². The topological polar surface area (TPSA) is 32.3 Å². The Bertz CT molecular complexity index is 375. The maximum absolute atomic E-state index is 11.7. The van der Waals surface area contributed by atoms with Gasteiger partial charge in [0.25, 0.3) is 0 Å². The lowest BCUT2D eigenvalue weighted by atomic mass is 10.1. The normalized spacial score (nSPS) is 21.1. The van der Waals surface area contributed by atoms with Gasteiger partial charge in [-0.15, -0.1) is 11.3 Å². The molecule has 1 aromatic heterocycles. The van der Waals surface area contributed by atoms with Crippen molar-refractivity contribution in [3.8, 4) is 0 Å². The van der Waals surface area contributed by atoms with Gasteiger partial charge in [0.1, 0.15) is 0 Å². The Labute approximate surface area is 100 Å². The van der Waals surface area contributed by atoms with Crippen LogP contribution in [0.2, 0.25) is 0 Å². The molecule has 16 heavy (non-hydrogen) atoms. The second-order valence-corrected chi connectivity index (χ2v) is 5.25. The van der Waals surface area contributed by atoms with Crippen molar-refractivity contribution < 1.29 is 4.79 Å². The van der Waals surface area contributed by atoms with E-state index in [-0.39, 0.29) is 5.91 Å². The maximum Gasteiger partial charge on any atom is 0.222 e. The summed E-state index contributed by atoms with van der Waals surface area (Å²) in [5.41, 5.74) is 1.35. The van der Waals surface area contributed by atoms with Gasteiger partial charge in [0.15, 0.2) is 0 Å². The largest absolute Gasteiger partial charge is 0.340 e. The molecule has 1 aromatic rings. The van der Waals surface area contributed by atoms with E-state index in [4.69, 9.17) is 0 Å². The summed E-state index contributed by atoms with van der Waals surface area (Å²) >= 11 is 1.77. The highest BCUT2D eigenvalue weighted by atomic mass is 32.1. The van der Waals surface area contributed by atoms with Crippen molar-refractivity contribution >= 4 is 17.2 Å². The van der Waals surface area contributed by atoms with Crippen molar-refractivity contribution in [3.63, 3.8) is 0 Å². The van der Waals surface area contributed by atoms with Gasteiger partial charge in [-0.2, -0.15) is 0 Å². The Morgan fingerprint density at radius 3 is 3.12 bits per heavy atom. The molecule has 88 valence electrons. The lowest BCUT2D eigenvalue weighted by Crippen LogP contribution is -2.48. The van der Waals surface area contributed by atoms with Gasteiger partial charge in [-0.1, -0.05) is 6.92 Å². The smallest absolute Gasteiger partial charge is 0.222 e. The van der Waals surface area contributed by atoms with Gasteiger partial charge >= 0.3 is 0 Å². The molecule has 1 saturated heterocycles. The first-order valence-corrected chi connectivity index (χ1v) is 6.65. The molecule has 0 bridgehead atoms. The zero-order valence-corrected chi connectivity index (χ0v) is 10.6. The zero-order chi connectivity index (χ0) is 11.5. The van der Waals surface area contributed by atoms with Crippen LogP contribution in [0.1, 0.15) is 29.8 Å². The van der Waals surface area contributed by atoms with Crippen LogP contribution in [0.5, 0.6) is 0 Å². The summed E-state index contributed by atoms with van der Waals surface area (Å²) in [4.78, 5) is 15.0. The molecule has 1 amide bonds. The monoisotopic (exact) mass is 238 g/mol. The van der Waals surface area contributed by atoms with Gasteiger partial charge in [-0.3, -0.25) is 4.79 Å². The van der Waals surface area contributed by atoms with Crippen molar-refractivity contribution in [2.24, 2.45) is 0 Å². The number of carbonyl (C=O) groups is 1. The molecule has 0 spiro atoms. The van der Waals surface area contributed by atoms with E-state index in [0.717, 1.165) is 19.6 Å². The average molecular weight is 238 g/mol. The third-order valence-electron chi connectivity index (χ3n) is 3.10. The van der Waals surface area contributed by atoms with E-state index in [0.29, 0.717) is 12.5 Å². The molecule has 1 N–H and O–H groups in total. The van der Waals surface area contributed by atoms with E-state index in [2.05, 4.69) is 23.7 Å². The molecule has 0 radical (unpaired) electrons. The highest BCUT2D eigenvalue weighted by molar-refractivity contribution is 7.10. The third kappa shape index (κ3) is 2.28. The van der Waals surface area contributed by atoms with Crippen LogP contribution >= 0.6 is 11.3 Å². The van der Waals surface area contributed by atoms with E-state index in [1.165, 1.54) is 10.4 Å². The Morgan fingerprint density at radius 2 is 2.50 bits per heavy atom. The van der Waals surface area contributed by atoms with E-state index >= 15 is 0 Å². The van der Waals surface area contributed by atoms with Crippen LogP contribution in [0.3, 0.4) is 0 Å². The van der Waals surface area contributed by atoms with Crippen LogP contribution in [0, 0.1) is 6.92 Å². The minimum atomic E-state index is 0.263. The first kappa shape index (κ1) is 11.6. The van der Waals surface area contributed by atoms with E-state index in [1.54, 1.807) is 11.3 Å². The molecule has 1 unspecified atom stereocenters. The van der Waals surface area contributed by atoms with Crippen LogP contribution in [0.4, 0.5) is 0 Å². The van der Waals surface area contributed by atoms with Crippen LogP contribution in [-0.2, 0) is 4.79 Å². The maximum atomic E-state index is 11.7. The Balaban J connectivity index is 2.07. The Hall–Kier alpha value is -0.870. The van der Waals surface area contributed by atoms with Crippen LogP contribution in [0.15, 0.2) is 11.4 Å². The average Bonchev–Trinajstić information content (AvgIpc) is 2.74. The lowest BCUT2D eigenvalue weighted by molar-refractivity contribution is -0.132. The van der Waals surface area contributed by atoms with Gasteiger partial charge in [-0.25, -0.2) is 0 Å². The summed E-state index contributed by atoms with van der Waals surface area (Å²) in [5, 5.41) is 5.60. The van der Waals surface area contributed by atoms with Crippen LogP contribution in [-0.4, -0.2) is 30.4 Å². The molecule has 0 saturated carbocycles. The Kier molecular flexibility index (Phi) is 3.61. The quantitative estimate of drug-likeness (QED) is 0.854. The highest BCUT2D eigenvalue weighted by Gasteiger charge is 2.24. The second kappa shape index (κ2) is 4.97. The molecule has 2 rings (SSSR count). The van der Waals surface area contributed by atoms with E-state index < -0.39 is 0 Å². The van der Waals surface area contributed by atoms with E-state index in [9.17, 15) is 4.79 Å². The van der Waals surface area contributed by atoms with Gasteiger partial charge < -0.3 is 10.2 Å². The molecule has 3 nitrogen and oxygen atoms in total. The summed E-state index contributed by atoms with van der Waals surface area (Å²) in [5.74, 6) is 0.263. The number of hydrogen-bond acceptors (Lipinski definition) is 3. The fraction of sp³-hybridized carbons (Fsp3) is 0.583. The standard InChI is InChI=1S/C12H18N2OS/c1-3-12(15)14-6-5-13-11(8-14)10-4-7-16-9(10)2/h4,7,11,13H,3,5-6,8H2,1-2H3. The van der Waals surface area contributed by atoms with E-state index in [1.807, 2.05) is 11.8 Å². The number of hydrogen-bond donors (Lipinski definition) is 1. The summed E-state index contributed by atoms with van der Waals surface area (Å²) in [6.45, 7) is 6.61. The number of thiophene rings is 1. The molecular weight excluding hydrogens is 220 g/mol. The zero-order valence-electron chi connectivity index (χ0n) is 9.82. The predicted octanol–water partition coefficient (Wildman–Crippen LogP) is 1.94. The second-order valence-electron chi connectivity index (χ2n) is 4.13. The fourth-order valence-corrected chi connectivity index (χ4v) is 2.93. The first-order chi connectivity index (χ1) is 7.72. The molecule has 1 aliphatic rings. The molecule has 4 heteroatoms.